The molecular weight excluding hydrogens is 316 g/mol. The summed E-state index contributed by atoms with van der Waals surface area (Å²) in [5.41, 5.74) is 2.36. The van der Waals surface area contributed by atoms with Crippen molar-refractivity contribution in [2.45, 2.75) is 39.3 Å². The fourth-order valence-corrected chi connectivity index (χ4v) is 2.96. The molecule has 2 heterocycles. The average molecular weight is 337 g/mol. The van der Waals surface area contributed by atoms with Gasteiger partial charge in [-0.25, -0.2) is 0 Å². The van der Waals surface area contributed by atoms with Crippen LogP contribution in [-0.2, 0) is 13.0 Å². The Morgan fingerprint density at radius 3 is 2.85 bits per heavy atom. The van der Waals surface area contributed by atoms with Crippen molar-refractivity contribution in [3.63, 3.8) is 0 Å². The number of nitrogens with one attached hydrogen (secondary N) is 1. The lowest BCUT2D eigenvalue weighted by molar-refractivity contribution is 0.464. The fraction of sp³-hybridized carbons (Fsp3) is 0.467. The predicted octanol–water partition coefficient (Wildman–Crippen LogP) is 3.34. The quantitative estimate of drug-likeness (QED) is 0.843. The van der Waals surface area contributed by atoms with Crippen LogP contribution >= 0.6 is 15.9 Å². The van der Waals surface area contributed by atoms with Crippen LogP contribution in [-0.4, -0.2) is 21.3 Å². The van der Waals surface area contributed by atoms with Crippen molar-refractivity contribution < 1.29 is 0 Å². The van der Waals surface area contributed by atoms with Crippen molar-refractivity contribution in [3.05, 3.63) is 46.5 Å². The van der Waals surface area contributed by atoms with E-state index in [1.54, 1.807) is 0 Å². The highest BCUT2D eigenvalue weighted by Gasteiger charge is 2.18. The summed E-state index contributed by atoms with van der Waals surface area (Å²) in [7, 11) is 0. The Morgan fingerprint density at radius 2 is 2.20 bits per heavy atom. The molecule has 0 saturated carbocycles. The molecule has 5 heteroatoms. The maximum absolute atomic E-state index is 4.41. The number of hydrogen-bond donors (Lipinski definition) is 1. The number of aryl methyl sites for hydroxylation is 2. The number of hydrogen-bond acceptors (Lipinski definition) is 3. The summed E-state index contributed by atoms with van der Waals surface area (Å²) in [6.07, 6.45) is 5.70. The first-order valence-corrected chi connectivity index (χ1v) is 7.90. The largest absolute Gasteiger partial charge is 0.309 e. The number of pyridine rings is 1. The number of aromatic nitrogens is 3. The van der Waals surface area contributed by atoms with Crippen LogP contribution in [0.4, 0.5) is 0 Å². The third-order valence-corrected chi connectivity index (χ3v) is 3.94. The van der Waals surface area contributed by atoms with Crippen molar-refractivity contribution in [1.82, 2.24) is 20.1 Å². The fourth-order valence-electron chi connectivity index (χ4n) is 2.39. The van der Waals surface area contributed by atoms with Gasteiger partial charge in [-0.2, -0.15) is 5.10 Å². The molecule has 1 N–H and O–H groups in total. The van der Waals surface area contributed by atoms with Gasteiger partial charge >= 0.3 is 0 Å². The zero-order valence-electron chi connectivity index (χ0n) is 12.0. The van der Waals surface area contributed by atoms with Gasteiger partial charge in [-0.05, 0) is 54.4 Å². The predicted molar refractivity (Wildman–Crippen MR) is 84.6 cm³/mol. The molecule has 0 aliphatic heterocycles. The second kappa shape index (κ2) is 7.55. The summed E-state index contributed by atoms with van der Waals surface area (Å²) >= 11 is 3.62. The minimum Gasteiger partial charge on any atom is -0.309 e. The highest BCUT2D eigenvalue weighted by atomic mass is 79.9. The maximum atomic E-state index is 4.41. The Labute approximate surface area is 128 Å². The molecule has 20 heavy (non-hydrogen) atoms. The Balaban J connectivity index is 2.12. The monoisotopic (exact) mass is 336 g/mol. The third kappa shape index (κ3) is 3.67. The van der Waals surface area contributed by atoms with Crippen molar-refractivity contribution in [2.75, 3.05) is 6.54 Å². The van der Waals surface area contributed by atoms with E-state index in [1.807, 2.05) is 24.5 Å². The van der Waals surface area contributed by atoms with Crippen LogP contribution in [0.3, 0.4) is 0 Å². The molecule has 2 rings (SSSR count). The Bertz CT molecular complexity index is 524. The normalized spacial score (nSPS) is 12.6. The van der Waals surface area contributed by atoms with Crippen LogP contribution < -0.4 is 5.32 Å². The third-order valence-electron chi connectivity index (χ3n) is 3.33. The topological polar surface area (TPSA) is 42.7 Å². The van der Waals surface area contributed by atoms with Gasteiger partial charge in [0.05, 0.1) is 22.4 Å². The zero-order chi connectivity index (χ0) is 14.4. The molecule has 1 atom stereocenters. The van der Waals surface area contributed by atoms with Crippen molar-refractivity contribution in [3.8, 4) is 0 Å². The Morgan fingerprint density at radius 1 is 1.35 bits per heavy atom. The van der Waals surface area contributed by atoms with Gasteiger partial charge in [-0.1, -0.05) is 13.0 Å². The van der Waals surface area contributed by atoms with Crippen LogP contribution in [0.25, 0.3) is 0 Å². The van der Waals surface area contributed by atoms with Gasteiger partial charge in [-0.15, -0.1) is 0 Å². The Hall–Kier alpha value is -1.20. The van der Waals surface area contributed by atoms with Crippen LogP contribution in [0, 0.1) is 0 Å². The average Bonchev–Trinajstić information content (AvgIpc) is 2.85. The Kier molecular flexibility index (Phi) is 5.73. The summed E-state index contributed by atoms with van der Waals surface area (Å²) < 4.78 is 3.13. The molecule has 0 aliphatic rings. The van der Waals surface area contributed by atoms with Gasteiger partial charge in [0.1, 0.15) is 0 Å². The molecule has 0 aromatic carbocycles. The lowest BCUT2D eigenvalue weighted by Gasteiger charge is -2.19. The van der Waals surface area contributed by atoms with Crippen molar-refractivity contribution in [2.24, 2.45) is 0 Å². The first-order chi connectivity index (χ1) is 9.76. The number of halogens is 1. The van der Waals surface area contributed by atoms with E-state index in [4.69, 9.17) is 0 Å². The second-order valence-electron chi connectivity index (χ2n) is 4.66. The van der Waals surface area contributed by atoms with Gasteiger partial charge < -0.3 is 5.32 Å². The van der Waals surface area contributed by atoms with Crippen LogP contribution in [0.15, 0.2) is 35.1 Å². The minimum atomic E-state index is 0.291. The molecular formula is C15H21BrN4. The van der Waals surface area contributed by atoms with E-state index in [0.29, 0.717) is 6.04 Å². The minimum absolute atomic E-state index is 0.291. The molecule has 4 nitrogen and oxygen atoms in total. The summed E-state index contributed by atoms with van der Waals surface area (Å²) in [6.45, 7) is 6.07. The van der Waals surface area contributed by atoms with E-state index in [9.17, 15) is 0 Å². The van der Waals surface area contributed by atoms with Crippen molar-refractivity contribution >= 4 is 15.9 Å². The molecule has 108 valence electrons. The maximum Gasteiger partial charge on any atom is 0.0695 e. The lowest BCUT2D eigenvalue weighted by atomic mass is 10.1. The van der Waals surface area contributed by atoms with Gasteiger partial charge in [0.2, 0.25) is 0 Å². The summed E-state index contributed by atoms with van der Waals surface area (Å²) in [6, 6.07) is 6.36. The van der Waals surface area contributed by atoms with Gasteiger partial charge in [-0.3, -0.25) is 9.67 Å². The molecule has 0 spiro atoms. The first kappa shape index (κ1) is 15.2. The highest BCUT2D eigenvalue weighted by molar-refractivity contribution is 9.10. The first-order valence-electron chi connectivity index (χ1n) is 7.10. The smallest absolute Gasteiger partial charge is 0.0695 e. The van der Waals surface area contributed by atoms with E-state index in [0.717, 1.165) is 36.1 Å². The van der Waals surface area contributed by atoms with Crippen LogP contribution in [0.2, 0.25) is 0 Å². The molecule has 0 fully saturated rings. The van der Waals surface area contributed by atoms with Gasteiger partial charge in [0.15, 0.2) is 0 Å². The molecule has 0 amide bonds. The summed E-state index contributed by atoms with van der Waals surface area (Å²) in [4.78, 5) is 4.40. The van der Waals surface area contributed by atoms with Gasteiger partial charge in [0.25, 0.3) is 0 Å². The van der Waals surface area contributed by atoms with E-state index < -0.39 is 0 Å². The van der Waals surface area contributed by atoms with Crippen LogP contribution in [0.5, 0.6) is 0 Å². The zero-order valence-corrected chi connectivity index (χ0v) is 13.6. The van der Waals surface area contributed by atoms with E-state index in [1.165, 1.54) is 5.69 Å². The summed E-state index contributed by atoms with van der Waals surface area (Å²) in [5.74, 6) is 0. The highest BCUT2D eigenvalue weighted by Crippen LogP contribution is 2.26. The van der Waals surface area contributed by atoms with Crippen molar-refractivity contribution in [1.29, 1.82) is 0 Å². The lowest BCUT2D eigenvalue weighted by Crippen LogP contribution is -2.24. The van der Waals surface area contributed by atoms with E-state index in [2.05, 4.69) is 55.9 Å². The summed E-state index contributed by atoms with van der Waals surface area (Å²) in [5, 5.41) is 7.96. The molecule has 2 aromatic rings. The number of rotatable bonds is 7. The molecule has 0 bridgehead atoms. The molecule has 0 saturated heterocycles. The molecule has 1 unspecified atom stereocenters. The van der Waals surface area contributed by atoms with E-state index in [-0.39, 0.29) is 0 Å². The SMILES string of the molecule is CCNC(CCc1ccccn1)c1c(Br)cnn1CC. The molecule has 2 aromatic heterocycles. The van der Waals surface area contributed by atoms with E-state index >= 15 is 0 Å². The number of nitrogens with zero attached hydrogens (tertiary/aromatic N) is 3. The molecule has 0 radical (unpaired) electrons. The second-order valence-corrected chi connectivity index (χ2v) is 5.52. The van der Waals surface area contributed by atoms with Gasteiger partial charge in [0, 0.05) is 18.4 Å². The molecule has 0 aliphatic carbocycles. The van der Waals surface area contributed by atoms with Crippen LogP contribution in [0.1, 0.15) is 37.7 Å². The standard InChI is InChI=1S/C15H21BrN4/c1-3-17-14(9-8-12-7-5-6-10-18-12)15-13(16)11-19-20(15)4-2/h5-7,10-11,14,17H,3-4,8-9H2,1-2H3.